The van der Waals surface area contributed by atoms with Crippen LogP contribution in [-0.4, -0.2) is 16.2 Å². The van der Waals surface area contributed by atoms with E-state index in [-0.39, 0.29) is 18.1 Å². The number of thiophene rings is 1. The van der Waals surface area contributed by atoms with Crippen LogP contribution in [0.25, 0.3) is 0 Å². The third-order valence-electron chi connectivity index (χ3n) is 1.74. The summed E-state index contributed by atoms with van der Waals surface area (Å²) in [7, 11) is 0. The monoisotopic (exact) mass is 223 g/mol. The van der Waals surface area contributed by atoms with Crippen LogP contribution < -0.4 is 5.73 Å². The van der Waals surface area contributed by atoms with Crippen molar-refractivity contribution in [2.75, 3.05) is 5.73 Å². The van der Waals surface area contributed by atoms with Crippen molar-refractivity contribution in [1.82, 2.24) is 10.2 Å². The van der Waals surface area contributed by atoms with E-state index in [1.165, 1.54) is 17.4 Å². The summed E-state index contributed by atoms with van der Waals surface area (Å²) in [5.41, 5.74) is 5.63. The Morgan fingerprint density at radius 2 is 2.53 bits per heavy atom. The van der Waals surface area contributed by atoms with Gasteiger partial charge in [-0.25, -0.2) is 4.79 Å². The number of hydrogen-bond acceptors (Lipinski definition) is 5. The number of anilines is 1. The van der Waals surface area contributed by atoms with Gasteiger partial charge in [-0.2, -0.15) is 5.10 Å². The number of nitrogens with two attached hydrogens (primary N) is 1. The van der Waals surface area contributed by atoms with Crippen LogP contribution in [0.2, 0.25) is 0 Å². The first kappa shape index (κ1) is 9.72. The zero-order chi connectivity index (χ0) is 10.7. The maximum atomic E-state index is 11.4. The number of nitrogens with zero attached hydrogens (tertiary/aromatic N) is 1. The fraction of sp³-hybridized carbons (Fsp3) is 0.111. The van der Waals surface area contributed by atoms with Gasteiger partial charge in [0.05, 0.1) is 0 Å². The molecule has 0 bridgehead atoms. The van der Waals surface area contributed by atoms with Crippen molar-refractivity contribution in [3.63, 3.8) is 0 Å². The lowest BCUT2D eigenvalue weighted by Crippen LogP contribution is -2.04. The molecule has 6 heteroatoms. The molecule has 0 spiro atoms. The largest absolute Gasteiger partial charge is 0.455 e. The van der Waals surface area contributed by atoms with Crippen molar-refractivity contribution in [3.8, 4) is 0 Å². The van der Waals surface area contributed by atoms with Gasteiger partial charge in [0.1, 0.15) is 18.1 Å². The van der Waals surface area contributed by atoms with Crippen molar-refractivity contribution in [2.24, 2.45) is 0 Å². The summed E-state index contributed by atoms with van der Waals surface area (Å²) in [6, 6.07) is 5.25. The molecule has 0 aliphatic carbocycles. The van der Waals surface area contributed by atoms with Gasteiger partial charge < -0.3 is 10.5 Å². The molecule has 0 saturated heterocycles. The van der Waals surface area contributed by atoms with Crippen LogP contribution >= 0.6 is 11.3 Å². The van der Waals surface area contributed by atoms with Gasteiger partial charge in [0.15, 0.2) is 0 Å². The summed E-state index contributed by atoms with van der Waals surface area (Å²) in [6.07, 6.45) is 0. The van der Waals surface area contributed by atoms with Gasteiger partial charge in [-0.05, 0) is 11.4 Å². The highest BCUT2D eigenvalue weighted by Crippen LogP contribution is 2.11. The van der Waals surface area contributed by atoms with Gasteiger partial charge in [0.25, 0.3) is 0 Å². The molecule has 78 valence electrons. The number of esters is 1. The molecule has 0 aliphatic heterocycles. The number of carbonyl (C=O) groups is 1. The Kier molecular flexibility index (Phi) is 2.68. The smallest absolute Gasteiger partial charge is 0.356 e. The van der Waals surface area contributed by atoms with Gasteiger partial charge in [-0.1, -0.05) is 6.07 Å². The first-order valence-electron chi connectivity index (χ1n) is 4.26. The molecule has 0 fully saturated rings. The van der Waals surface area contributed by atoms with Crippen molar-refractivity contribution < 1.29 is 9.53 Å². The minimum atomic E-state index is -0.451. The average Bonchev–Trinajstić information content (AvgIpc) is 2.84. The maximum Gasteiger partial charge on any atom is 0.356 e. The molecule has 0 saturated carbocycles. The summed E-state index contributed by atoms with van der Waals surface area (Å²) in [6.45, 7) is 0.273. The SMILES string of the molecule is Nc1cc(C(=O)OCc2cccs2)[nH]n1. The Labute approximate surface area is 89.9 Å². The van der Waals surface area contributed by atoms with Gasteiger partial charge in [-0.15, -0.1) is 11.3 Å². The zero-order valence-electron chi connectivity index (χ0n) is 7.77. The van der Waals surface area contributed by atoms with E-state index in [4.69, 9.17) is 10.5 Å². The van der Waals surface area contributed by atoms with Gasteiger partial charge in [0, 0.05) is 10.9 Å². The van der Waals surface area contributed by atoms with E-state index in [1.54, 1.807) is 0 Å². The minimum absolute atomic E-state index is 0.268. The van der Waals surface area contributed by atoms with Crippen LogP contribution in [0, 0.1) is 0 Å². The highest BCUT2D eigenvalue weighted by Gasteiger charge is 2.10. The number of aromatic nitrogens is 2. The predicted octanol–water partition coefficient (Wildman–Crippen LogP) is 1.41. The molecule has 0 radical (unpaired) electrons. The molecule has 2 aromatic heterocycles. The normalized spacial score (nSPS) is 10.1. The Morgan fingerprint density at radius 1 is 1.67 bits per heavy atom. The van der Waals surface area contributed by atoms with Crippen LogP contribution in [0.5, 0.6) is 0 Å². The number of nitrogens with one attached hydrogen (secondary N) is 1. The Balaban J connectivity index is 1.93. The molecule has 0 unspecified atom stereocenters. The lowest BCUT2D eigenvalue weighted by Gasteiger charge is -1.99. The number of aromatic amines is 1. The average molecular weight is 223 g/mol. The first-order chi connectivity index (χ1) is 7.25. The molecule has 2 aromatic rings. The fourth-order valence-electron chi connectivity index (χ4n) is 1.05. The second kappa shape index (κ2) is 4.14. The number of ether oxygens (including phenoxy) is 1. The molecular formula is C9H9N3O2S. The zero-order valence-corrected chi connectivity index (χ0v) is 8.58. The third-order valence-corrected chi connectivity index (χ3v) is 2.59. The summed E-state index contributed by atoms with van der Waals surface area (Å²) in [5.74, 6) is -0.175. The van der Waals surface area contributed by atoms with Gasteiger partial charge >= 0.3 is 5.97 Å². The molecule has 0 aromatic carbocycles. The molecule has 2 rings (SSSR count). The van der Waals surface area contributed by atoms with Crippen molar-refractivity contribution in [2.45, 2.75) is 6.61 Å². The number of nitrogen functional groups attached to an aromatic ring is 1. The van der Waals surface area contributed by atoms with E-state index >= 15 is 0 Å². The Hall–Kier alpha value is -1.82. The molecule has 0 aliphatic rings. The Bertz CT molecular complexity index is 450. The van der Waals surface area contributed by atoms with Crippen molar-refractivity contribution in [3.05, 3.63) is 34.2 Å². The van der Waals surface area contributed by atoms with E-state index in [0.29, 0.717) is 0 Å². The standard InChI is InChI=1S/C9H9N3O2S/c10-8-4-7(11-12-8)9(13)14-5-6-2-1-3-15-6/h1-4H,5H2,(H3,10,11,12). The number of H-pyrrole nitrogens is 1. The quantitative estimate of drug-likeness (QED) is 0.771. The molecule has 3 N–H and O–H groups in total. The van der Waals surface area contributed by atoms with Crippen LogP contribution in [0.4, 0.5) is 5.82 Å². The van der Waals surface area contributed by atoms with Crippen LogP contribution in [0.3, 0.4) is 0 Å². The molecular weight excluding hydrogens is 214 g/mol. The van der Waals surface area contributed by atoms with E-state index in [2.05, 4.69) is 10.2 Å². The highest BCUT2D eigenvalue weighted by atomic mass is 32.1. The van der Waals surface area contributed by atoms with Gasteiger partial charge in [0.2, 0.25) is 0 Å². The molecule has 0 atom stereocenters. The van der Waals surface area contributed by atoms with E-state index in [9.17, 15) is 4.79 Å². The van der Waals surface area contributed by atoms with Crippen molar-refractivity contribution in [1.29, 1.82) is 0 Å². The lowest BCUT2D eigenvalue weighted by atomic mass is 10.4. The van der Waals surface area contributed by atoms with Crippen LogP contribution in [0.15, 0.2) is 23.6 Å². The topological polar surface area (TPSA) is 81.0 Å². The lowest BCUT2D eigenvalue weighted by molar-refractivity contribution is 0.0470. The number of rotatable bonds is 3. The summed E-state index contributed by atoms with van der Waals surface area (Å²) < 4.78 is 5.03. The second-order valence-electron chi connectivity index (χ2n) is 2.86. The fourth-order valence-corrected chi connectivity index (χ4v) is 1.67. The third kappa shape index (κ3) is 2.35. The summed E-state index contributed by atoms with van der Waals surface area (Å²) >= 11 is 1.54. The molecule has 15 heavy (non-hydrogen) atoms. The maximum absolute atomic E-state index is 11.4. The first-order valence-corrected chi connectivity index (χ1v) is 5.14. The van der Waals surface area contributed by atoms with E-state index in [1.807, 2.05) is 17.5 Å². The molecule has 5 nitrogen and oxygen atoms in total. The summed E-state index contributed by atoms with van der Waals surface area (Å²) in [5, 5.41) is 8.05. The molecule has 0 amide bonds. The minimum Gasteiger partial charge on any atom is -0.455 e. The van der Waals surface area contributed by atoms with E-state index < -0.39 is 5.97 Å². The van der Waals surface area contributed by atoms with Crippen molar-refractivity contribution >= 4 is 23.1 Å². The van der Waals surface area contributed by atoms with E-state index in [0.717, 1.165) is 4.88 Å². The molecule has 2 heterocycles. The Morgan fingerprint density at radius 3 is 3.13 bits per heavy atom. The summed E-state index contributed by atoms with van der Waals surface area (Å²) in [4.78, 5) is 12.4. The van der Waals surface area contributed by atoms with Crippen LogP contribution in [-0.2, 0) is 11.3 Å². The number of hydrogen-bond donors (Lipinski definition) is 2. The van der Waals surface area contributed by atoms with Gasteiger partial charge in [-0.3, -0.25) is 5.10 Å². The second-order valence-corrected chi connectivity index (χ2v) is 3.89. The van der Waals surface area contributed by atoms with Crippen LogP contribution in [0.1, 0.15) is 15.4 Å². The number of carbonyl (C=O) groups excluding carboxylic acids is 1. The predicted molar refractivity (Wildman–Crippen MR) is 56.4 cm³/mol. The highest BCUT2D eigenvalue weighted by molar-refractivity contribution is 7.09.